The molecule has 1 saturated heterocycles. The second-order valence-corrected chi connectivity index (χ2v) is 6.08. The second-order valence-electron chi connectivity index (χ2n) is 6.08. The summed E-state index contributed by atoms with van der Waals surface area (Å²) in [6, 6.07) is 16.4. The van der Waals surface area contributed by atoms with Crippen molar-refractivity contribution in [2.75, 3.05) is 6.61 Å². The number of ether oxygens (including phenoxy) is 3. The highest BCUT2D eigenvalue weighted by Crippen LogP contribution is 2.25. The van der Waals surface area contributed by atoms with E-state index in [1.807, 2.05) is 0 Å². The van der Waals surface area contributed by atoms with Crippen LogP contribution in [0.25, 0.3) is 0 Å². The van der Waals surface area contributed by atoms with Gasteiger partial charge >= 0.3 is 11.9 Å². The number of aliphatic hydroxyl groups excluding tert-OH is 1. The number of halogens is 1. The molecule has 6 nitrogen and oxygen atoms in total. The SMILES string of the molecule is O=C(OC[C@H]1O[C@H](O)C[C@@H](OC(=O)c2ccccc2)[C@@H]1F)c1ccccc1. The van der Waals surface area contributed by atoms with Crippen molar-refractivity contribution < 1.29 is 33.3 Å². The molecule has 1 heterocycles. The van der Waals surface area contributed by atoms with Crippen molar-refractivity contribution in [2.45, 2.75) is 31.1 Å². The number of aliphatic hydroxyl groups is 1. The van der Waals surface area contributed by atoms with Crippen LogP contribution in [-0.2, 0) is 14.2 Å². The first-order chi connectivity index (χ1) is 13.0. The Balaban J connectivity index is 1.59. The van der Waals surface area contributed by atoms with E-state index in [9.17, 15) is 19.1 Å². The Kier molecular flexibility index (Phi) is 6.16. The van der Waals surface area contributed by atoms with Gasteiger partial charge in [0.2, 0.25) is 0 Å². The summed E-state index contributed by atoms with van der Waals surface area (Å²) in [5, 5.41) is 9.81. The zero-order chi connectivity index (χ0) is 19.2. The van der Waals surface area contributed by atoms with E-state index in [4.69, 9.17) is 14.2 Å². The number of carbonyl (C=O) groups excluding carboxylic acids is 2. The standard InChI is InChI=1S/C20H19FO6/c21-18-15(27-20(24)14-9-5-2-6-10-14)11-17(22)26-16(18)12-25-19(23)13-7-3-1-4-8-13/h1-10,15-18,22H,11-12H2/t15-,16-,17+,18+/m1/s1. The van der Waals surface area contributed by atoms with Gasteiger partial charge in [0.1, 0.15) is 18.8 Å². The number of alkyl halides is 1. The van der Waals surface area contributed by atoms with Crippen LogP contribution < -0.4 is 0 Å². The smallest absolute Gasteiger partial charge is 0.338 e. The molecule has 2 aromatic carbocycles. The first-order valence-electron chi connectivity index (χ1n) is 8.50. The average molecular weight is 374 g/mol. The van der Waals surface area contributed by atoms with Gasteiger partial charge in [-0.05, 0) is 24.3 Å². The van der Waals surface area contributed by atoms with Gasteiger partial charge in [-0.1, -0.05) is 36.4 Å². The molecular formula is C20H19FO6. The highest BCUT2D eigenvalue weighted by molar-refractivity contribution is 5.89. The molecule has 142 valence electrons. The summed E-state index contributed by atoms with van der Waals surface area (Å²) in [6.45, 7) is -0.411. The van der Waals surface area contributed by atoms with Crippen molar-refractivity contribution in [3.63, 3.8) is 0 Å². The minimum Gasteiger partial charge on any atom is -0.459 e. The zero-order valence-corrected chi connectivity index (χ0v) is 14.4. The molecule has 4 atom stereocenters. The lowest BCUT2D eigenvalue weighted by molar-refractivity contribution is -0.224. The van der Waals surface area contributed by atoms with Crippen LogP contribution in [0.15, 0.2) is 60.7 Å². The maximum atomic E-state index is 14.7. The first kappa shape index (κ1) is 19.0. The highest BCUT2D eigenvalue weighted by Gasteiger charge is 2.41. The van der Waals surface area contributed by atoms with Crippen molar-refractivity contribution in [1.82, 2.24) is 0 Å². The minimum absolute atomic E-state index is 0.205. The number of hydrogen-bond acceptors (Lipinski definition) is 6. The van der Waals surface area contributed by atoms with Gasteiger partial charge < -0.3 is 19.3 Å². The van der Waals surface area contributed by atoms with Crippen LogP contribution in [0.2, 0.25) is 0 Å². The lowest BCUT2D eigenvalue weighted by atomic mass is 10.0. The Labute approximate surface area is 155 Å². The number of benzene rings is 2. The molecular weight excluding hydrogens is 355 g/mol. The molecule has 0 aliphatic carbocycles. The topological polar surface area (TPSA) is 82.1 Å². The van der Waals surface area contributed by atoms with Gasteiger partial charge in [-0.25, -0.2) is 14.0 Å². The van der Waals surface area contributed by atoms with Crippen LogP contribution in [0.5, 0.6) is 0 Å². The predicted molar refractivity (Wildman–Crippen MR) is 92.8 cm³/mol. The van der Waals surface area contributed by atoms with Gasteiger partial charge in [-0.15, -0.1) is 0 Å². The average Bonchev–Trinajstić information content (AvgIpc) is 2.70. The molecule has 0 bridgehead atoms. The Hall–Kier alpha value is -2.77. The molecule has 1 aliphatic heterocycles. The van der Waals surface area contributed by atoms with Crippen LogP contribution in [0.4, 0.5) is 4.39 Å². The molecule has 0 unspecified atom stereocenters. The van der Waals surface area contributed by atoms with E-state index < -0.39 is 43.2 Å². The van der Waals surface area contributed by atoms with Crippen LogP contribution >= 0.6 is 0 Å². The summed E-state index contributed by atoms with van der Waals surface area (Å²) in [5.41, 5.74) is 0.592. The van der Waals surface area contributed by atoms with Gasteiger partial charge in [0.05, 0.1) is 11.1 Å². The molecule has 0 saturated carbocycles. The van der Waals surface area contributed by atoms with Gasteiger partial charge in [-0.2, -0.15) is 0 Å². The number of carbonyl (C=O) groups is 2. The molecule has 27 heavy (non-hydrogen) atoms. The third-order valence-electron chi connectivity index (χ3n) is 4.13. The number of hydrogen-bond donors (Lipinski definition) is 1. The Bertz CT molecular complexity index is 767. The molecule has 0 aromatic heterocycles. The largest absolute Gasteiger partial charge is 0.459 e. The zero-order valence-electron chi connectivity index (χ0n) is 14.4. The van der Waals surface area contributed by atoms with E-state index >= 15 is 0 Å². The molecule has 3 rings (SSSR count). The van der Waals surface area contributed by atoms with Crippen molar-refractivity contribution in [3.05, 3.63) is 71.8 Å². The summed E-state index contributed by atoms with van der Waals surface area (Å²) in [4.78, 5) is 24.1. The van der Waals surface area contributed by atoms with E-state index in [1.54, 1.807) is 60.7 Å². The van der Waals surface area contributed by atoms with Crippen LogP contribution in [0.1, 0.15) is 27.1 Å². The van der Waals surface area contributed by atoms with E-state index in [1.165, 1.54) is 0 Å². The van der Waals surface area contributed by atoms with Crippen LogP contribution in [0.3, 0.4) is 0 Å². The van der Waals surface area contributed by atoms with E-state index in [0.29, 0.717) is 5.56 Å². The van der Waals surface area contributed by atoms with E-state index in [-0.39, 0.29) is 12.0 Å². The Morgan fingerprint density at radius 3 is 2.15 bits per heavy atom. The third-order valence-corrected chi connectivity index (χ3v) is 4.13. The Morgan fingerprint density at radius 1 is 1.00 bits per heavy atom. The fraction of sp³-hybridized carbons (Fsp3) is 0.300. The molecule has 0 radical (unpaired) electrons. The number of rotatable bonds is 5. The normalized spacial score (nSPS) is 24.8. The number of esters is 2. The lowest BCUT2D eigenvalue weighted by Crippen LogP contribution is -2.49. The summed E-state index contributed by atoms with van der Waals surface area (Å²) in [7, 11) is 0. The Morgan fingerprint density at radius 2 is 1.56 bits per heavy atom. The van der Waals surface area contributed by atoms with Crippen LogP contribution in [-0.4, -0.2) is 48.3 Å². The van der Waals surface area contributed by atoms with Crippen molar-refractivity contribution in [3.8, 4) is 0 Å². The van der Waals surface area contributed by atoms with E-state index in [2.05, 4.69) is 0 Å². The van der Waals surface area contributed by atoms with Crippen molar-refractivity contribution in [1.29, 1.82) is 0 Å². The van der Waals surface area contributed by atoms with Gasteiger partial charge in [0, 0.05) is 6.42 Å². The fourth-order valence-corrected chi connectivity index (χ4v) is 2.74. The van der Waals surface area contributed by atoms with Gasteiger partial charge in [-0.3, -0.25) is 0 Å². The van der Waals surface area contributed by atoms with Crippen molar-refractivity contribution in [2.24, 2.45) is 0 Å². The predicted octanol–water partition coefficient (Wildman–Crippen LogP) is 2.51. The lowest BCUT2D eigenvalue weighted by Gasteiger charge is -2.35. The highest BCUT2D eigenvalue weighted by atomic mass is 19.1. The first-order valence-corrected chi connectivity index (χ1v) is 8.50. The summed E-state index contributed by atoms with van der Waals surface area (Å²) < 4.78 is 30.1. The molecule has 2 aromatic rings. The van der Waals surface area contributed by atoms with Crippen LogP contribution in [0, 0.1) is 0 Å². The second kappa shape index (κ2) is 8.75. The molecule has 1 fully saturated rings. The summed E-state index contributed by atoms with van der Waals surface area (Å²) >= 11 is 0. The quantitative estimate of drug-likeness (QED) is 0.810. The summed E-state index contributed by atoms with van der Waals surface area (Å²) in [6.07, 6.45) is -5.73. The maximum Gasteiger partial charge on any atom is 0.338 e. The molecule has 0 amide bonds. The van der Waals surface area contributed by atoms with Gasteiger partial charge in [0.15, 0.2) is 12.5 Å². The minimum atomic E-state index is -1.75. The van der Waals surface area contributed by atoms with Crippen molar-refractivity contribution >= 4 is 11.9 Å². The van der Waals surface area contributed by atoms with Gasteiger partial charge in [0.25, 0.3) is 0 Å². The maximum absolute atomic E-state index is 14.7. The fourth-order valence-electron chi connectivity index (χ4n) is 2.74. The molecule has 1 aliphatic rings. The molecule has 7 heteroatoms. The monoisotopic (exact) mass is 374 g/mol. The third kappa shape index (κ3) is 4.90. The summed E-state index contributed by atoms with van der Waals surface area (Å²) in [5.74, 6) is -1.33. The molecule has 1 N–H and O–H groups in total. The molecule has 0 spiro atoms. The van der Waals surface area contributed by atoms with E-state index in [0.717, 1.165) is 0 Å².